The predicted molar refractivity (Wildman–Crippen MR) is 96.9 cm³/mol. The monoisotopic (exact) mass is 343 g/mol. The summed E-state index contributed by atoms with van der Waals surface area (Å²) in [5.74, 6) is 1.03. The van der Waals surface area contributed by atoms with Crippen LogP contribution in [0.2, 0.25) is 0 Å². The van der Waals surface area contributed by atoms with Gasteiger partial charge in [0.1, 0.15) is 5.75 Å². The first-order valence-electron chi connectivity index (χ1n) is 8.62. The number of methoxy groups -OCH3 is 1. The number of ether oxygens (including phenoxy) is 1. The van der Waals surface area contributed by atoms with E-state index in [4.69, 9.17) is 4.74 Å². The van der Waals surface area contributed by atoms with Gasteiger partial charge in [0.25, 0.3) is 0 Å². The maximum atomic E-state index is 12.3. The van der Waals surface area contributed by atoms with Crippen LogP contribution in [0.15, 0.2) is 42.7 Å². The molecule has 0 aliphatic carbocycles. The summed E-state index contributed by atoms with van der Waals surface area (Å²) in [5, 5.41) is 7.34. The van der Waals surface area contributed by atoms with Gasteiger partial charge < -0.3 is 19.9 Å². The maximum Gasteiger partial charge on any atom is 0.236 e. The number of carbonyl (C=O) groups excluding carboxylic acids is 1. The van der Waals surface area contributed by atoms with Crippen molar-refractivity contribution in [2.75, 3.05) is 51.3 Å². The van der Waals surface area contributed by atoms with E-state index < -0.39 is 0 Å². The topological polar surface area (TPSA) is 62.6 Å². The first-order valence-corrected chi connectivity index (χ1v) is 8.62. The van der Waals surface area contributed by atoms with E-state index in [-0.39, 0.29) is 5.91 Å². The number of hydrogen-bond donors (Lipinski definition) is 1. The molecule has 1 saturated heterocycles. The van der Waals surface area contributed by atoms with Crippen molar-refractivity contribution in [3.8, 4) is 5.75 Å². The number of aromatic nitrogens is 2. The molecule has 0 saturated carbocycles. The Morgan fingerprint density at radius 2 is 2.00 bits per heavy atom. The Morgan fingerprint density at radius 1 is 1.20 bits per heavy atom. The molecule has 1 amide bonds. The fourth-order valence-corrected chi connectivity index (χ4v) is 3.02. The van der Waals surface area contributed by atoms with Gasteiger partial charge in [-0.25, -0.2) is 0 Å². The van der Waals surface area contributed by atoms with Gasteiger partial charge in [-0.2, -0.15) is 5.10 Å². The third kappa shape index (κ3) is 4.51. The minimum atomic E-state index is 0.153. The lowest BCUT2D eigenvalue weighted by Gasteiger charge is -2.36. The largest absolute Gasteiger partial charge is 0.495 e. The molecule has 1 aromatic heterocycles. The van der Waals surface area contributed by atoms with Crippen molar-refractivity contribution >= 4 is 11.6 Å². The van der Waals surface area contributed by atoms with Crippen molar-refractivity contribution < 1.29 is 9.53 Å². The highest BCUT2D eigenvalue weighted by Gasteiger charge is 2.22. The predicted octanol–water partition coefficient (Wildman–Crippen LogP) is 0.830. The minimum Gasteiger partial charge on any atom is -0.495 e. The zero-order valence-electron chi connectivity index (χ0n) is 14.6. The lowest BCUT2D eigenvalue weighted by Crippen LogP contribution is -2.51. The number of nitrogens with one attached hydrogen (secondary N) is 1. The summed E-state index contributed by atoms with van der Waals surface area (Å²) in [6.45, 7) is 4.97. The highest BCUT2D eigenvalue weighted by atomic mass is 16.5. The molecular weight excluding hydrogens is 318 g/mol. The van der Waals surface area contributed by atoms with Gasteiger partial charge in [0.2, 0.25) is 5.91 Å². The first-order chi connectivity index (χ1) is 12.3. The van der Waals surface area contributed by atoms with Crippen molar-refractivity contribution in [3.63, 3.8) is 0 Å². The van der Waals surface area contributed by atoms with E-state index in [0.29, 0.717) is 6.54 Å². The minimum absolute atomic E-state index is 0.153. The molecule has 0 spiro atoms. The van der Waals surface area contributed by atoms with E-state index >= 15 is 0 Å². The van der Waals surface area contributed by atoms with Gasteiger partial charge in [0.05, 0.1) is 25.9 Å². The quantitative estimate of drug-likeness (QED) is 0.755. The summed E-state index contributed by atoms with van der Waals surface area (Å²) in [6.07, 6.45) is 3.67. The molecule has 1 N–H and O–H groups in total. The summed E-state index contributed by atoms with van der Waals surface area (Å²) in [5.41, 5.74) is 1.09. The average Bonchev–Trinajstić information content (AvgIpc) is 3.18. The Hall–Kier alpha value is -2.54. The molecule has 0 unspecified atom stereocenters. The fraction of sp³-hybridized carbons (Fsp3) is 0.444. The number of benzene rings is 1. The maximum absolute atomic E-state index is 12.3. The highest BCUT2D eigenvalue weighted by Crippen LogP contribution is 2.28. The van der Waals surface area contributed by atoms with Crippen molar-refractivity contribution in [2.24, 2.45) is 0 Å². The van der Waals surface area contributed by atoms with Crippen LogP contribution in [-0.2, 0) is 11.3 Å². The number of para-hydroxylation sites is 2. The molecular formula is C18H25N5O2. The van der Waals surface area contributed by atoms with E-state index in [1.54, 1.807) is 13.3 Å². The Morgan fingerprint density at radius 3 is 2.72 bits per heavy atom. The molecule has 1 fully saturated rings. The Kier molecular flexibility index (Phi) is 5.90. The van der Waals surface area contributed by atoms with E-state index in [9.17, 15) is 4.79 Å². The molecule has 7 heteroatoms. The van der Waals surface area contributed by atoms with Crippen molar-refractivity contribution in [2.45, 2.75) is 6.54 Å². The average molecular weight is 343 g/mol. The molecule has 1 aliphatic rings. The number of hydrogen-bond acceptors (Lipinski definition) is 5. The van der Waals surface area contributed by atoms with Gasteiger partial charge in [0, 0.05) is 45.1 Å². The van der Waals surface area contributed by atoms with Crippen molar-refractivity contribution in [3.05, 3.63) is 42.7 Å². The molecule has 134 valence electrons. The van der Waals surface area contributed by atoms with Gasteiger partial charge in [-0.05, 0) is 18.2 Å². The lowest BCUT2D eigenvalue weighted by atomic mass is 10.2. The van der Waals surface area contributed by atoms with Crippen LogP contribution in [0.5, 0.6) is 5.75 Å². The molecule has 1 aliphatic heterocycles. The summed E-state index contributed by atoms with van der Waals surface area (Å²) < 4.78 is 7.28. The molecule has 3 rings (SSSR count). The third-order valence-corrected chi connectivity index (χ3v) is 4.41. The molecule has 25 heavy (non-hydrogen) atoms. The van der Waals surface area contributed by atoms with Gasteiger partial charge in [0.15, 0.2) is 0 Å². The number of anilines is 1. The van der Waals surface area contributed by atoms with E-state index in [2.05, 4.69) is 21.4 Å². The summed E-state index contributed by atoms with van der Waals surface area (Å²) in [4.78, 5) is 16.5. The Labute approximate surface area is 148 Å². The van der Waals surface area contributed by atoms with Crippen LogP contribution < -0.4 is 15.0 Å². The number of piperazine rings is 1. The Bertz CT molecular complexity index is 666. The van der Waals surface area contributed by atoms with Crippen LogP contribution in [0, 0.1) is 0 Å². The van der Waals surface area contributed by atoms with Crippen LogP contribution in [0.4, 0.5) is 5.69 Å². The molecule has 7 nitrogen and oxygen atoms in total. The van der Waals surface area contributed by atoms with Gasteiger partial charge in [-0.3, -0.25) is 9.48 Å². The molecule has 0 atom stereocenters. The smallest absolute Gasteiger partial charge is 0.236 e. The number of amides is 1. The summed E-state index contributed by atoms with van der Waals surface area (Å²) in [7, 11) is 1.69. The van der Waals surface area contributed by atoms with E-state index in [1.165, 1.54) is 0 Å². The second-order valence-electron chi connectivity index (χ2n) is 5.99. The number of rotatable bonds is 7. The Balaban J connectivity index is 1.41. The normalized spacial score (nSPS) is 14.6. The SMILES string of the molecule is COc1ccccc1N1CCN(C(=O)CNCCn2cccn2)CC1. The highest BCUT2D eigenvalue weighted by molar-refractivity contribution is 5.78. The summed E-state index contributed by atoms with van der Waals surface area (Å²) >= 11 is 0. The van der Waals surface area contributed by atoms with E-state index in [0.717, 1.165) is 50.7 Å². The lowest BCUT2D eigenvalue weighted by molar-refractivity contribution is -0.130. The van der Waals surface area contributed by atoms with Crippen LogP contribution in [0.1, 0.15) is 0 Å². The molecule has 0 bridgehead atoms. The van der Waals surface area contributed by atoms with Crippen molar-refractivity contribution in [1.82, 2.24) is 20.0 Å². The van der Waals surface area contributed by atoms with E-state index in [1.807, 2.05) is 40.0 Å². The second-order valence-corrected chi connectivity index (χ2v) is 5.99. The zero-order valence-corrected chi connectivity index (χ0v) is 14.6. The fourth-order valence-electron chi connectivity index (χ4n) is 3.02. The number of nitrogens with zero attached hydrogens (tertiary/aromatic N) is 4. The van der Waals surface area contributed by atoms with Crippen molar-refractivity contribution in [1.29, 1.82) is 0 Å². The zero-order chi connectivity index (χ0) is 17.5. The van der Waals surface area contributed by atoms with Gasteiger partial charge in [-0.1, -0.05) is 12.1 Å². The van der Waals surface area contributed by atoms with Crippen LogP contribution in [0.25, 0.3) is 0 Å². The van der Waals surface area contributed by atoms with Gasteiger partial charge in [-0.15, -0.1) is 0 Å². The van der Waals surface area contributed by atoms with Crippen LogP contribution in [-0.4, -0.2) is 67.0 Å². The third-order valence-electron chi connectivity index (χ3n) is 4.41. The molecule has 2 heterocycles. The molecule has 0 radical (unpaired) electrons. The van der Waals surface area contributed by atoms with Crippen LogP contribution in [0.3, 0.4) is 0 Å². The second kappa shape index (κ2) is 8.53. The number of carbonyl (C=O) groups is 1. The van der Waals surface area contributed by atoms with Crippen LogP contribution >= 0.6 is 0 Å². The van der Waals surface area contributed by atoms with Gasteiger partial charge >= 0.3 is 0 Å². The molecule has 2 aromatic rings. The first kappa shape index (κ1) is 17.3. The summed E-state index contributed by atoms with van der Waals surface area (Å²) in [6, 6.07) is 9.91. The standard InChI is InChI=1S/C18H25N5O2/c1-25-17-6-3-2-5-16(17)21-11-13-22(14-12-21)18(24)15-19-8-10-23-9-4-7-20-23/h2-7,9,19H,8,10-15H2,1H3. The molecule has 1 aromatic carbocycles.